The maximum atomic E-state index is 13.5. The number of amides is 1. The molecule has 0 fully saturated rings. The van der Waals surface area contributed by atoms with Crippen LogP contribution in [-0.4, -0.2) is 11.9 Å². The van der Waals surface area contributed by atoms with Gasteiger partial charge in [0.2, 0.25) is 5.91 Å². The van der Waals surface area contributed by atoms with Crippen LogP contribution in [0.15, 0.2) is 35.4 Å². The second-order valence-electron chi connectivity index (χ2n) is 5.81. The van der Waals surface area contributed by atoms with Gasteiger partial charge in [-0.1, -0.05) is 29.3 Å². The summed E-state index contributed by atoms with van der Waals surface area (Å²) in [6.45, 7) is 3.82. The van der Waals surface area contributed by atoms with Crippen LogP contribution in [0.5, 0.6) is 0 Å². The average Bonchev–Trinajstić information content (AvgIpc) is 2.48. The summed E-state index contributed by atoms with van der Waals surface area (Å²) >= 11 is 0. The van der Waals surface area contributed by atoms with Crippen molar-refractivity contribution in [1.82, 2.24) is 5.32 Å². The Morgan fingerprint density at radius 2 is 1.77 bits per heavy atom. The number of allylic oxidation sites excluding steroid dienone is 2. The Bertz CT molecular complexity index is 624. The number of benzene rings is 1. The van der Waals surface area contributed by atoms with Gasteiger partial charge in [-0.05, 0) is 32.8 Å². The maximum absolute atomic E-state index is 13.5. The van der Waals surface area contributed by atoms with Crippen molar-refractivity contribution in [2.75, 3.05) is 0 Å². The van der Waals surface area contributed by atoms with Crippen LogP contribution in [0.25, 0.3) is 0 Å². The summed E-state index contributed by atoms with van der Waals surface area (Å²) in [7, 11) is 0. The van der Waals surface area contributed by atoms with Crippen molar-refractivity contribution >= 4 is 11.9 Å². The van der Waals surface area contributed by atoms with Gasteiger partial charge in [-0.2, -0.15) is 0 Å². The summed E-state index contributed by atoms with van der Waals surface area (Å²) in [5, 5.41) is 13.9. The van der Waals surface area contributed by atoms with E-state index in [1.165, 1.54) is 6.07 Å². The number of carbonyl (C=O) groups is 2. The Hall–Kier alpha value is -2.17. The van der Waals surface area contributed by atoms with Gasteiger partial charge in [0.05, 0.1) is 0 Å². The van der Waals surface area contributed by atoms with E-state index in [1.54, 1.807) is 18.2 Å². The fourth-order valence-electron chi connectivity index (χ4n) is 2.77. The number of nitrogens with one attached hydrogen (secondary N) is 1. The molecule has 0 radical (unpaired) electrons. The standard InChI is InChI=1S/C17H20FNO3/c1-10-7-13(14(17(21)22)8-11(10)2)16(20)19-9-12-5-3-4-6-15(12)18/h3-6,13-14H,7-9H2,1-2H3,(H,19,20)(H,21,22)/p-1/t13-,14-/m1/s1. The molecule has 0 saturated carbocycles. The molecule has 0 saturated heterocycles. The van der Waals surface area contributed by atoms with Crippen molar-refractivity contribution in [3.8, 4) is 0 Å². The van der Waals surface area contributed by atoms with Crippen LogP contribution in [0.1, 0.15) is 32.3 Å². The zero-order valence-electron chi connectivity index (χ0n) is 12.7. The molecule has 0 spiro atoms. The minimum Gasteiger partial charge on any atom is -0.550 e. The number of carbonyl (C=O) groups excluding carboxylic acids is 2. The predicted octanol–water partition coefficient (Wildman–Crippen LogP) is 1.55. The fourth-order valence-corrected chi connectivity index (χ4v) is 2.77. The highest BCUT2D eigenvalue weighted by molar-refractivity contribution is 5.85. The van der Waals surface area contributed by atoms with Crippen LogP contribution in [0.4, 0.5) is 4.39 Å². The molecule has 1 aliphatic rings. The van der Waals surface area contributed by atoms with Gasteiger partial charge in [0, 0.05) is 29.9 Å². The van der Waals surface area contributed by atoms with Crippen LogP contribution >= 0.6 is 0 Å². The minimum atomic E-state index is -1.21. The van der Waals surface area contributed by atoms with Crippen molar-refractivity contribution in [3.63, 3.8) is 0 Å². The molecule has 2 atom stereocenters. The number of carboxylic acid groups (broad SMARTS) is 1. The number of hydrogen-bond donors (Lipinski definition) is 1. The molecule has 0 aromatic heterocycles. The summed E-state index contributed by atoms with van der Waals surface area (Å²) in [4.78, 5) is 23.6. The third-order valence-corrected chi connectivity index (χ3v) is 4.32. The first kappa shape index (κ1) is 16.2. The highest BCUT2D eigenvalue weighted by Crippen LogP contribution is 2.34. The van der Waals surface area contributed by atoms with Crippen molar-refractivity contribution in [2.45, 2.75) is 33.2 Å². The Morgan fingerprint density at radius 3 is 2.36 bits per heavy atom. The quantitative estimate of drug-likeness (QED) is 0.858. The van der Waals surface area contributed by atoms with Gasteiger partial charge in [0.15, 0.2) is 0 Å². The molecule has 1 aromatic rings. The Morgan fingerprint density at radius 1 is 1.18 bits per heavy atom. The van der Waals surface area contributed by atoms with Crippen LogP contribution in [0, 0.1) is 17.7 Å². The number of aliphatic carboxylic acids is 1. The largest absolute Gasteiger partial charge is 0.550 e. The van der Waals surface area contributed by atoms with E-state index >= 15 is 0 Å². The molecule has 1 N–H and O–H groups in total. The van der Waals surface area contributed by atoms with E-state index in [0.717, 1.165) is 11.1 Å². The monoisotopic (exact) mass is 304 g/mol. The highest BCUT2D eigenvalue weighted by atomic mass is 19.1. The number of halogens is 1. The molecule has 1 aromatic carbocycles. The molecule has 0 heterocycles. The first-order valence-electron chi connectivity index (χ1n) is 7.27. The predicted molar refractivity (Wildman–Crippen MR) is 77.8 cm³/mol. The lowest BCUT2D eigenvalue weighted by Crippen LogP contribution is -2.44. The van der Waals surface area contributed by atoms with Crippen LogP contribution in [0.3, 0.4) is 0 Å². The van der Waals surface area contributed by atoms with Gasteiger partial charge >= 0.3 is 0 Å². The Balaban J connectivity index is 2.07. The van der Waals surface area contributed by atoms with E-state index in [4.69, 9.17) is 0 Å². The normalized spacial score (nSPS) is 21.6. The summed E-state index contributed by atoms with van der Waals surface area (Å²) < 4.78 is 13.5. The van der Waals surface area contributed by atoms with E-state index in [0.29, 0.717) is 18.4 Å². The maximum Gasteiger partial charge on any atom is 0.224 e. The highest BCUT2D eigenvalue weighted by Gasteiger charge is 2.33. The third kappa shape index (κ3) is 3.53. The van der Waals surface area contributed by atoms with Crippen molar-refractivity contribution in [1.29, 1.82) is 0 Å². The summed E-state index contributed by atoms with van der Waals surface area (Å²) in [6.07, 6.45) is 0.722. The van der Waals surface area contributed by atoms with Crippen molar-refractivity contribution in [2.24, 2.45) is 11.8 Å². The van der Waals surface area contributed by atoms with Gasteiger partial charge in [-0.3, -0.25) is 4.79 Å². The lowest BCUT2D eigenvalue weighted by Gasteiger charge is -2.32. The Kier molecular flexibility index (Phi) is 4.96. The number of carboxylic acids is 1. The SMILES string of the molecule is CC1=C(C)C[C@@H](C(=O)NCc2ccccc2F)[C@H](C(=O)[O-])C1. The van der Waals surface area contributed by atoms with Gasteiger partial charge in [-0.25, -0.2) is 4.39 Å². The van der Waals surface area contributed by atoms with Crippen molar-refractivity contribution < 1.29 is 19.1 Å². The lowest BCUT2D eigenvalue weighted by atomic mass is 9.76. The molecule has 0 aliphatic heterocycles. The van der Waals surface area contributed by atoms with E-state index in [9.17, 15) is 19.1 Å². The van der Waals surface area contributed by atoms with E-state index in [1.807, 2.05) is 13.8 Å². The smallest absolute Gasteiger partial charge is 0.224 e. The molecule has 118 valence electrons. The fraction of sp³-hybridized carbons (Fsp3) is 0.412. The molecule has 5 heteroatoms. The Labute approximate surface area is 129 Å². The molecule has 1 aliphatic carbocycles. The average molecular weight is 304 g/mol. The molecule has 4 nitrogen and oxygen atoms in total. The van der Waals surface area contributed by atoms with Crippen LogP contribution in [-0.2, 0) is 16.1 Å². The minimum absolute atomic E-state index is 0.0452. The molecule has 0 bridgehead atoms. The van der Waals surface area contributed by atoms with Crippen molar-refractivity contribution in [3.05, 3.63) is 46.8 Å². The summed E-state index contributed by atoms with van der Waals surface area (Å²) in [5.74, 6) is -3.47. The van der Waals surface area contributed by atoms with E-state index in [-0.39, 0.29) is 12.5 Å². The first-order chi connectivity index (χ1) is 10.4. The number of hydrogen-bond acceptors (Lipinski definition) is 3. The second-order valence-corrected chi connectivity index (χ2v) is 5.81. The van der Waals surface area contributed by atoms with Gasteiger partial charge in [-0.15, -0.1) is 0 Å². The molecule has 22 heavy (non-hydrogen) atoms. The van der Waals surface area contributed by atoms with Crippen LogP contribution in [0.2, 0.25) is 0 Å². The van der Waals surface area contributed by atoms with Gasteiger partial charge < -0.3 is 15.2 Å². The first-order valence-corrected chi connectivity index (χ1v) is 7.27. The van der Waals surface area contributed by atoms with E-state index < -0.39 is 23.6 Å². The molecular weight excluding hydrogens is 285 g/mol. The van der Waals surface area contributed by atoms with Gasteiger partial charge in [0.25, 0.3) is 0 Å². The number of rotatable bonds is 4. The molecular formula is C17H19FNO3-. The molecule has 2 rings (SSSR count). The zero-order chi connectivity index (χ0) is 16.3. The zero-order valence-corrected chi connectivity index (χ0v) is 12.7. The topological polar surface area (TPSA) is 69.2 Å². The second kappa shape index (κ2) is 6.73. The molecule has 0 unspecified atom stereocenters. The molecule has 1 amide bonds. The summed E-state index contributed by atoms with van der Waals surface area (Å²) in [6, 6.07) is 6.17. The van der Waals surface area contributed by atoms with Gasteiger partial charge in [0.1, 0.15) is 5.82 Å². The summed E-state index contributed by atoms with van der Waals surface area (Å²) in [5.41, 5.74) is 2.40. The third-order valence-electron chi connectivity index (χ3n) is 4.32. The van der Waals surface area contributed by atoms with E-state index in [2.05, 4.69) is 5.32 Å². The van der Waals surface area contributed by atoms with Crippen LogP contribution < -0.4 is 10.4 Å². The lowest BCUT2D eigenvalue weighted by molar-refractivity contribution is -0.313.